The Balaban J connectivity index is 1.91. The Morgan fingerprint density at radius 2 is 1.77 bits per heavy atom. The van der Waals surface area contributed by atoms with E-state index in [2.05, 4.69) is 24.2 Å². The van der Waals surface area contributed by atoms with Gasteiger partial charge in [0, 0.05) is 30.4 Å². The second kappa shape index (κ2) is 7.96. The molecule has 3 rings (SSSR count). The summed E-state index contributed by atoms with van der Waals surface area (Å²) < 4.78 is 0.462. The smallest absolute Gasteiger partial charge is 0.278 e. The number of hydrogen-bond acceptors (Lipinski definition) is 3. The van der Waals surface area contributed by atoms with Crippen molar-refractivity contribution in [2.24, 2.45) is 0 Å². The molecule has 138 valence electrons. The molecular weight excluding hydrogens is 324 g/mol. The summed E-state index contributed by atoms with van der Waals surface area (Å²) in [5.41, 5.74) is 2.14. The molecule has 0 bridgehead atoms. The lowest BCUT2D eigenvalue weighted by Gasteiger charge is -2.35. The summed E-state index contributed by atoms with van der Waals surface area (Å²) in [6.45, 7) is 6.81. The highest BCUT2D eigenvalue weighted by Crippen LogP contribution is 2.24. The Kier molecular flexibility index (Phi) is 5.67. The number of aromatic nitrogens is 2. The highest BCUT2D eigenvalue weighted by molar-refractivity contribution is 5.80. The Hall–Kier alpha value is -2.27. The van der Waals surface area contributed by atoms with Crippen LogP contribution in [0.15, 0.2) is 36.4 Å². The molecule has 1 fully saturated rings. The number of benzene rings is 1. The molecule has 2 aromatic rings. The summed E-state index contributed by atoms with van der Waals surface area (Å²) in [5, 5.41) is 0. The number of likely N-dealkylation sites (tertiary alicyclic amines) is 1. The van der Waals surface area contributed by atoms with Crippen LogP contribution < -0.4 is 4.48 Å². The number of hydrogen-bond donors (Lipinski definition) is 0. The lowest BCUT2D eigenvalue weighted by Crippen LogP contribution is -2.53. The molecule has 0 aliphatic carbocycles. The molecule has 1 aromatic carbocycles. The molecule has 5 nitrogen and oxygen atoms in total. The molecule has 1 aliphatic rings. The quantitative estimate of drug-likeness (QED) is 0.775. The third-order valence-corrected chi connectivity index (χ3v) is 5.07. The van der Waals surface area contributed by atoms with Crippen molar-refractivity contribution in [3.8, 4) is 0 Å². The normalized spacial score (nSPS) is 17.0. The second-order valence-corrected chi connectivity index (χ2v) is 7.55. The predicted octanol–water partition coefficient (Wildman–Crippen LogP) is 3.24. The lowest BCUT2D eigenvalue weighted by atomic mass is 10.1. The largest absolute Gasteiger partial charge is 0.338 e. The molecular formula is C21H29N4O+. The van der Waals surface area contributed by atoms with Crippen LogP contribution in [0.3, 0.4) is 0 Å². The molecule has 0 saturated carbocycles. The fraction of sp³-hybridized carbons (Fsp3) is 0.476. The van der Waals surface area contributed by atoms with Crippen molar-refractivity contribution >= 4 is 11.7 Å². The number of nitrogens with zero attached hydrogens (tertiary/aromatic N) is 4. The van der Waals surface area contributed by atoms with E-state index in [1.165, 1.54) is 12.0 Å². The molecule has 1 atom stereocenters. The number of amides is 1. The molecule has 0 N–H and O–H groups in total. The number of piperidine rings is 1. The first-order valence-corrected chi connectivity index (χ1v) is 9.45. The summed E-state index contributed by atoms with van der Waals surface area (Å²) in [4.78, 5) is 24.1. The average Bonchev–Trinajstić information content (AvgIpc) is 2.62. The van der Waals surface area contributed by atoms with Gasteiger partial charge in [-0.1, -0.05) is 30.3 Å². The molecule has 0 radical (unpaired) electrons. The minimum absolute atomic E-state index is 0.219. The highest BCUT2D eigenvalue weighted by Gasteiger charge is 2.33. The molecule has 2 heterocycles. The van der Waals surface area contributed by atoms with Gasteiger partial charge < -0.3 is 4.90 Å². The van der Waals surface area contributed by atoms with Crippen LogP contribution in [0.2, 0.25) is 0 Å². The van der Waals surface area contributed by atoms with E-state index in [4.69, 9.17) is 4.98 Å². The number of carbonyl (C=O) groups excluding carboxylic acids is 1. The first kappa shape index (κ1) is 18.5. The highest BCUT2D eigenvalue weighted by atomic mass is 16.2. The summed E-state index contributed by atoms with van der Waals surface area (Å²) >= 11 is 0. The predicted molar refractivity (Wildman–Crippen MR) is 105 cm³/mol. The molecule has 1 amide bonds. The van der Waals surface area contributed by atoms with Gasteiger partial charge in [-0.25, -0.2) is 4.98 Å². The van der Waals surface area contributed by atoms with E-state index in [9.17, 15) is 4.79 Å². The average molecular weight is 353 g/mol. The third kappa shape index (κ3) is 4.47. The van der Waals surface area contributed by atoms with Gasteiger partial charge in [-0.15, -0.1) is 0 Å². The Morgan fingerprint density at radius 3 is 2.42 bits per heavy atom. The van der Waals surface area contributed by atoms with Crippen LogP contribution in [0, 0.1) is 13.8 Å². The van der Waals surface area contributed by atoms with Gasteiger partial charge in [0.1, 0.15) is 12.4 Å². The van der Waals surface area contributed by atoms with Crippen LogP contribution in [0.5, 0.6) is 0 Å². The van der Waals surface area contributed by atoms with E-state index in [1.54, 1.807) is 0 Å². The number of aryl methyl sites for hydroxylation is 2. The first-order chi connectivity index (χ1) is 12.5. The van der Waals surface area contributed by atoms with E-state index in [1.807, 2.05) is 43.0 Å². The van der Waals surface area contributed by atoms with Crippen LogP contribution in [0.1, 0.15) is 36.3 Å². The Labute approximate surface area is 156 Å². The van der Waals surface area contributed by atoms with Crippen molar-refractivity contribution in [2.75, 3.05) is 26.7 Å². The fourth-order valence-corrected chi connectivity index (χ4v) is 3.72. The van der Waals surface area contributed by atoms with Crippen molar-refractivity contribution < 1.29 is 4.79 Å². The maximum absolute atomic E-state index is 13.0. The zero-order valence-electron chi connectivity index (χ0n) is 16.1. The van der Waals surface area contributed by atoms with Crippen LogP contribution >= 0.6 is 0 Å². The number of rotatable bonds is 5. The second-order valence-electron chi connectivity index (χ2n) is 7.55. The van der Waals surface area contributed by atoms with Gasteiger partial charge in [0.2, 0.25) is 5.82 Å². The van der Waals surface area contributed by atoms with E-state index >= 15 is 0 Å². The maximum atomic E-state index is 13.0. The van der Waals surface area contributed by atoms with Gasteiger partial charge in [0.25, 0.3) is 5.91 Å². The summed E-state index contributed by atoms with van der Waals surface area (Å²) in [7, 11) is 2.11. The number of carbonyl (C=O) groups is 1. The van der Waals surface area contributed by atoms with Crippen molar-refractivity contribution in [2.45, 2.75) is 39.7 Å². The SMILES string of the molecule is Cc1cc([N@+](C)(CC(=O)N2CCCCC2)Cc2ccccc2)nc(C)n1. The van der Waals surface area contributed by atoms with E-state index in [0.29, 0.717) is 11.0 Å². The number of likely N-dealkylation sites (N-methyl/N-ethyl adjacent to an activating group) is 1. The molecule has 1 aromatic heterocycles. The van der Waals surface area contributed by atoms with E-state index in [-0.39, 0.29) is 5.91 Å². The van der Waals surface area contributed by atoms with Gasteiger partial charge in [0.15, 0.2) is 6.54 Å². The van der Waals surface area contributed by atoms with Crippen LogP contribution in [0.25, 0.3) is 0 Å². The summed E-state index contributed by atoms with van der Waals surface area (Å²) in [6.07, 6.45) is 3.45. The van der Waals surface area contributed by atoms with Crippen molar-refractivity contribution in [3.05, 3.63) is 53.5 Å². The molecule has 26 heavy (non-hydrogen) atoms. The molecule has 1 saturated heterocycles. The van der Waals surface area contributed by atoms with Gasteiger partial charge in [0.05, 0.1) is 7.05 Å². The van der Waals surface area contributed by atoms with Crippen LogP contribution in [-0.2, 0) is 11.3 Å². The first-order valence-electron chi connectivity index (χ1n) is 9.45. The van der Waals surface area contributed by atoms with E-state index < -0.39 is 0 Å². The van der Waals surface area contributed by atoms with Gasteiger partial charge in [-0.3, -0.25) is 9.28 Å². The molecule has 1 aliphatic heterocycles. The van der Waals surface area contributed by atoms with Crippen LogP contribution in [-0.4, -0.2) is 47.5 Å². The summed E-state index contributed by atoms with van der Waals surface area (Å²) in [5.74, 6) is 1.88. The minimum Gasteiger partial charge on any atom is -0.338 e. The Bertz CT molecular complexity index is 736. The monoisotopic (exact) mass is 353 g/mol. The van der Waals surface area contributed by atoms with Gasteiger partial charge in [-0.2, -0.15) is 4.98 Å². The minimum atomic E-state index is 0.219. The van der Waals surface area contributed by atoms with Gasteiger partial charge in [-0.05, 0) is 33.1 Å². The maximum Gasteiger partial charge on any atom is 0.278 e. The zero-order valence-corrected chi connectivity index (χ0v) is 16.1. The third-order valence-electron chi connectivity index (χ3n) is 5.07. The fourth-order valence-electron chi connectivity index (χ4n) is 3.72. The molecule has 0 spiro atoms. The molecule has 0 unspecified atom stereocenters. The standard InChI is InChI=1S/C21H29N4O/c1-17-14-20(23-18(2)22-17)25(3,15-19-10-6-4-7-11-19)16-21(26)24-12-8-5-9-13-24/h4,6-7,10-11,14H,5,8-9,12-13,15-16H2,1-3H3/q+1/t25-/m0/s1. The number of quaternary nitrogens is 1. The van der Waals surface area contributed by atoms with Crippen molar-refractivity contribution in [1.29, 1.82) is 0 Å². The van der Waals surface area contributed by atoms with Crippen LogP contribution in [0.4, 0.5) is 5.82 Å². The summed E-state index contributed by atoms with van der Waals surface area (Å²) in [6, 6.07) is 12.3. The molecule has 5 heteroatoms. The zero-order chi connectivity index (χ0) is 18.6. The van der Waals surface area contributed by atoms with Crippen molar-refractivity contribution in [3.63, 3.8) is 0 Å². The van der Waals surface area contributed by atoms with E-state index in [0.717, 1.165) is 49.8 Å². The topological polar surface area (TPSA) is 46.1 Å². The Morgan fingerprint density at radius 1 is 1.08 bits per heavy atom. The van der Waals surface area contributed by atoms with Crippen molar-refractivity contribution in [1.82, 2.24) is 19.4 Å². The van der Waals surface area contributed by atoms with Gasteiger partial charge >= 0.3 is 0 Å². The lowest BCUT2D eigenvalue weighted by molar-refractivity contribution is -0.132.